The molecule has 1 unspecified atom stereocenters. The maximum atomic E-state index is 12.6. The van der Waals surface area contributed by atoms with Gasteiger partial charge < -0.3 is 5.73 Å². The molecule has 0 aromatic heterocycles. The van der Waals surface area contributed by atoms with Crippen LogP contribution in [0.5, 0.6) is 0 Å². The zero-order valence-electron chi connectivity index (χ0n) is 12.9. The highest BCUT2D eigenvalue weighted by Gasteiger charge is 2.30. The molecule has 1 heterocycles. The first-order valence-corrected chi connectivity index (χ1v) is 8.63. The summed E-state index contributed by atoms with van der Waals surface area (Å²) in [5, 5.41) is 0. The molecule has 1 saturated heterocycles. The molecule has 0 spiro atoms. The van der Waals surface area contributed by atoms with Crippen LogP contribution in [0.2, 0.25) is 0 Å². The third-order valence-electron chi connectivity index (χ3n) is 4.12. The van der Waals surface area contributed by atoms with Crippen LogP contribution in [0.4, 0.5) is 0 Å². The van der Waals surface area contributed by atoms with Crippen LogP contribution in [0.15, 0.2) is 29.2 Å². The third-order valence-corrected chi connectivity index (χ3v) is 6.02. The Morgan fingerprint density at radius 1 is 1.32 bits per heavy atom. The topological polar surface area (TPSA) is 80.5 Å². The molecular formula is C15H23ClN2O3S. The minimum atomic E-state index is -3.53. The van der Waals surface area contributed by atoms with E-state index in [0.29, 0.717) is 24.6 Å². The van der Waals surface area contributed by atoms with E-state index in [1.165, 1.54) is 17.3 Å². The molecule has 1 aliphatic heterocycles. The van der Waals surface area contributed by atoms with E-state index in [0.717, 1.165) is 12.8 Å². The van der Waals surface area contributed by atoms with Gasteiger partial charge in [0.2, 0.25) is 10.0 Å². The highest BCUT2D eigenvalue weighted by atomic mass is 35.5. The minimum Gasteiger partial charge on any atom is -0.328 e. The number of hydrogen-bond acceptors (Lipinski definition) is 4. The molecule has 22 heavy (non-hydrogen) atoms. The van der Waals surface area contributed by atoms with Crippen molar-refractivity contribution in [1.29, 1.82) is 0 Å². The minimum absolute atomic E-state index is 0. The number of benzene rings is 1. The number of piperidine rings is 1. The predicted octanol–water partition coefficient (Wildman–Crippen LogP) is 2.06. The Hall–Kier alpha value is -0.950. The fraction of sp³-hybridized carbons (Fsp3) is 0.533. The van der Waals surface area contributed by atoms with Crippen molar-refractivity contribution in [1.82, 2.24) is 4.31 Å². The van der Waals surface area contributed by atoms with Gasteiger partial charge in [-0.3, -0.25) is 4.79 Å². The van der Waals surface area contributed by atoms with Crippen molar-refractivity contribution in [3.8, 4) is 0 Å². The summed E-state index contributed by atoms with van der Waals surface area (Å²) in [6.07, 6.45) is 1.56. The lowest BCUT2D eigenvalue weighted by Gasteiger charge is -2.33. The molecule has 0 radical (unpaired) electrons. The van der Waals surface area contributed by atoms with Crippen LogP contribution in [0, 0.1) is 5.92 Å². The van der Waals surface area contributed by atoms with Gasteiger partial charge in [-0.2, -0.15) is 4.31 Å². The lowest BCUT2D eigenvalue weighted by atomic mass is 9.92. The Bertz CT molecular complexity index is 623. The Morgan fingerprint density at radius 3 is 2.41 bits per heavy atom. The molecule has 7 heteroatoms. The third kappa shape index (κ3) is 4.07. The summed E-state index contributed by atoms with van der Waals surface area (Å²) in [4.78, 5) is 11.6. The molecule has 1 fully saturated rings. The van der Waals surface area contributed by atoms with Crippen molar-refractivity contribution in [3.05, 3.63) is 29.8 Å². The van der Waals surface area contributed by atoms with Crippen LogP contribution in [0.3, 0.4) is 0 Å². The number of nitrogens with zero attached hydrogens (tertiary/aromatic N) is 1. The highest BCUT2D eigenvalue weighted by Crippen LogP contribution is 2.25. The first-order valence-electron chi connectivity index (χ1n) is 7.19. The van der Waals surface area contributed by atoms with Crippen LogP contribution in [-0.2, 0) is 10.0 Å². The molecule has 2 N–H and O–H groups in total. The zero-order valence-corrected chi connectivity index (χ0v) is 14.5. The molecular weight excluding hydrogens is 324 g/mol. The van der Waals surface area contributed by atoms with Gasteiger partial charge in [0.05, 0.1) is 4.90 Å². The van der Waals surface area contributed by atoms with Gasteiger partial charge in [-0.15, -0.1) is 12.4 Å². The van der Waals surface area contributed by atoms with E-state index in [4.69, 9.17) is 5.73 Å². The first-order chi connectivity index (χ1) is 9.82. The van der Waals surface area contributed by atoms with Crippen LogP contribution < -0.4 is 5.73 Å². The van der Waals surface area contributed by atoms with Gasteiger partial charge >= 0.3 is 0 Å². The number of rotatable bonds is 4. The lowest BCUT2D eigenvalue weighted by molar-refractivity contribution is 0.101. The van der Waals surface area contributed by atoms with Crippen molar-refractivity contribution < 1.29 is 13.2 Å². The second-order valence-electron chi connectivity index (χ2n) is 5.68. The fourth-order valence-corrected chi connectivity index (χ4v) is 4.18. The fourth-order valence-electron chi connectivity index (χ4n) is 2.67. The molecule has 0 amide bonds. The van der Waals surface area contributed by atoms with Gasteiger partial charge in [-0.1, -0.05) is 12.1 Å². The Morgan fingerprint density at radius 2 is 1.91 bits per heavy atom. The Balaban J connectivity index is 0.00000242. The molecule has 1 aliphatic rings. The van der Waals surface area contributed by atoms with Crippen molar-refractivity contribution in [2.75, 3.05) is 13.1 Å². The first kappa shape index (κ1) is 19.1. The van der Waals surface area contributed by atoms with E-state index in [2.05, 4.69) is 0 Å². The summed E-state index contributed by atoms with van der Waals surface area (Å²) in [6.45, 7) is 4.36. The van der Waals surface area contributed by atoms with E-state index in [-0.39, 0.29) is 29.1 Å². The van der Waals surface area contributed by atoms with Crippen LogP contribution in [-0.4, -0.2) is 37.6 Å². The Labute approximate surface area is 138 Å². The maximum absolute atomic E-state index is 12.6. The smallest absolute Gasteiger partial charge is 0.243 e. The molecule has 0 aliphatic carbocycles. The summed E-state index contributed by atoms with van der Waals surface area (Å²) in [7, 11) is -3.53. The van der Waals surface area contributed by atoms with E-state index < -0.39 is 10.0 Å². The summed E-state index contributed by atoms with van der Waals surface area (Å²) in [5.74, 6) is 0.239. The summed E-state index contributed by atoms with van der Waals surface area (Å²) < 4.78 is 26.7. The number of halogens is 1. The van der Waals surface area contributed by atoms with Gasteiger partial charge in [0.15, 0.2) is 5.78 Å². The summed E-state index contributed by atoms with van der Waals surface area (Å²) in [5.41, 5.74) is 6.30. The predicted molar refractivity (Wildman–Crippen MR) is 88.8 cm³/mol. The van der Waals surface area contributed by atoms with Gasteiger partial charge in [0.1, 0.15) is 0 Å². The largest absolute Gasteiger partial charge is 0.328 e. The molecule has 1 atom stereocenters. The molecule has 1 aromatic rings. The second kappa shape index (κ2) is 7.55. The average molecular weight is 347 g/mol. The highest BCUT2D eigenvalue weighted by molar-refractivity contribution is 7.89. The molecule has 2 rings (SSSR count). The van der Waals surface area contributed by atoms with Crippen LogP contribution in [0.1, 0.15) is 37.0 Å². The lowest BCUT2D eigenvalue weighted by Crippen LogP contribution is -2.42. The van der Waals surface area contributed by atoms with Crippen LogP contribution >= 0.6 is 12.4 Å². The van der Waals surface area contributed by atoms with E-state index >= 15 is 0 Å². The van der Waals surface area contributed by atoms with Crippen molar-refractivity contribution in [3.63, 3.8) is 0 Å². The molecule has 124 valence electrons. The SMILES string of the molecule is CC(=O)c1cccc(S(=O)(=O)N2CCC(C(C)N)CC2)c1.Cl. The number of carbonyl (C=O) groups excluding carboxylic acids is 1. The zero-order chi connectivity index (χ0) is 15.6. The normalized spacial score (nSPS) is 18.5. The number of Topliss-reactive ketones (excluding diaryl/α,β-unsaturated/α-hetero) is 1. The van der Waals surface area contributed by atoms with E-state index in [1.54, 1.807) is 18.2 Å². The number of sulfonamides is 1. The molecule has 1 aromatic carbocycles. The van der Waals surface area contributed by atoms with Crippen LogP contribution in [0.25, 0.3) is 0 Å². The summed E-state index contributed by atoms with van der Waals surface area (Å²) >= 11 is 0. The van der Waals surface area contributed by atoms with E-state index in [1.807, 2.05) is 6.92 Å². The van der Waals surface area contributed by atoms with Gasteiger partial charge in [0.25, 0.3) is 0 Å². The average Bonchev–Trinajstić information content (AvgIpc) is 2.47. The van der Waals surface area contributed by atoms with Crippen molar-refractivity contribution in [2.24, 2.45) is 11.7 Å². The Kier molecular flexibility index (Phi) is 6.55. The maximum Gasteiger partial charge on any atom is 0.243 e. The second-order valence-corrected chi connectivity index (χ2v) is 7.62. The van der Waals surface area contributed by atoms with Crippen molar-refractivity contribution >= 4 is 28.2 Å². The summed E-state index contributed by atoms with van der Waals surface area (Å²) in [6, 6.07) is 6.33. The van der Waals surface area contributed by atoms with E-state index in [9.17, 15) is 13.2 Å². The molecule has 0 saturated carbocycles. The molecule has 5 nitrogen and oxygen atoms in total. The van der Waals surface area contributed by atoms with Gasteiger partial charge in [-0.25, -0.2) is 8.42 Å². The van der Waals surface area contributed by atoms with Crippen molar-refractivity contribution in [2.45, 2.75) is 37.6 Å². The number of carbonyl (C=O) groups is 1. The standard InChI is InChI=1S/C15H22N2O3S.ClH/c1-11(16)13-6-8-17(9-7-13)21(19,20)15-5-3-4-14(10-15)12(2)18;/h3-5,10-11,13H,6-9,16H2,1-2H3;1H. The number of hydrogen-bond donors (Lipinski definition) is 1. The molecule has 0 bridgehead atoms. The quantitative estimate of drug-likeness (QED) is 0.846. The van der Waals surface area contributed by atoms with Gasteiger partial charge in [0, 0.05) is 24.7 Å². The van der Waals surface area contributed by atoms with Gasteiger partial charge in [-0.05, 0) is 44.7 Å². The monoisotopic (exact) mass is 346 g/mol. The number of nitrogens with two attached hydrogens (primary N) is 1. The number of ketones is 1.